The SMILES string of the molecule is CC(C)C(C#N)C(=O)N1CC(C)N(C)C(C)C1. The van der Waals surface area contributed by atoms with Crippen LogP contribution in [0.2, 0.25) is 0 Å². The van der Waals surface area contributed by atoms with Crippen LogP contribution in [0, 0.1) is 23.2 Å². The van der Waals surface area contributed by atoms with E-state index in [2.05, 4.69) is 31.9 Å². The highest BCUT2D eigenvalue weighted by Crippen LogP contribution is 2.19. The molecular weight excluding hydrogens is 214 g/mol. The summed E-state index contributed by atoms with van der Waals surface area (Å²) >= 11 is 0. The van der Waals surface area contributed by atoms with Crippen LogP contribution in [0.5, 0.6) is 0 Å². The maximum Gasteiger partial charge on any atom is 0.240 e. The van der Waals surface area contributed by atoms with Crippen molar-refractivity contribution in [2.24, 2.45) is 11.8 Å². The highest BCUT2D eigenvalue weighted by molar-refractivity contribution is 5.81. The Morgan fingerprint density at radius 2 is 1.76 bits per heavy atom. The van der Waals surface area contributed by atoms with E-state index in [4.69, 9.17) is 5.26 Å². The van der Waals surface area contributed by atoms with Gasteiger partial charge in [-0.2, -0.15) is 5.26 Å². The van der Waals surface area contributed by atoms with E-state index in [1.54, 1.807) is 0 Å². The topological polar surface area (TPSA) is 47.3 Å². The van der Waals surface area contributed by atoms with Crippen LogP contribution in [-0.4, -0.2) is 47.9 Å². The van der Waals surface area contributed by atoms with Crippen LogP contribution in [-0.2, 0) is 4.79 Å². The first-order chi connectivity index (χ1) is 7.88. The summed E-state index contributed by atoms with van der Waals surface area (Å²) in [5.41, 5.74) is 0. The molecule has 1 heterocycles. The lowest BCUT2D eigenvalue weighted by Crippen LogP contribution is -2.57. The van der Waals surface area contributed by atoms with E-state index < -0.39 is 5.92 Å². The molecular formula is C13H23N3O. The Bertz CT molecular complexity index is 309. The van der Waals surface area contributed by atoms with Crippen LogP contribution in [0.1, 0.15) is 27.7 Å². The summed E-state index contributed by atoms with van der Waals surface area (Å²) < 4.78 is 0. The van der Waals surface area contributed by atoms with Crippen molar-refractivity contribution in [3.05, 3.63) is 0 Å². The van der Waals surface area contributed by atoms with Gasteiger partial charge in [-0.25, -0.2) is 0 Å². The zero-order valence-corrected chi connectivity index (χ0v) is 11.5. The number of rotatable bonds is 2. The van der Waals surface area contributed by atoms with Gasteiger partial charge in [0.15, 0.2) is 0 Å². The second kappa shape index (κ2) is 5.50. The molecule has 0 bridgehead atoms. The summed E-state index contributed by atoms with van der Waals surface area (Å²) in [6.07, 6.45) is 0. The summed E-state index contributed by atoms with van der Waals surface area (Å²) in [5.74, 6) is -0.426. The highest BCUT2D eigenvalue weighted by atomic mass is 16.2. The summed E-state index contributed by atoms with van der Waals surface area (Å²) in [4.78, 5) is 16.4. The number of nitrogens with zero attached hydrogens (tertiary/aromatic N) is 3. The van der Waals surface area contributed by atoms with Crippen molar-refractivity contribution in [3.63, 3.8) is 0 Å². The van der Waals surface area contributed by atoms with Crippen molar-refractivity contribution < 1.29 is 4.79 Å². The van der Waals surface area contributed by atoms with Crippen LogP contribution in [0.3, 0.4) is 0 Å². The first kappa shape index (κ1) is 14.0. The van der Waals surface area contributed by atoms with Crippen LogP contribution >= 0.6 is 0 Å². The number of likely N-dealkylation sites (N-methyl/N-ethyl adjacent to an activating group) is 1. The Morgan fingerprint density at radius 1 is 1.29 bits per heavy atom. The first-order valence-electron chi connectivity index (χ1n) is 6.28. The van der Waals surface area contributed by atoms with Crippen LogP contribution in [0.15, 0.2) is 0 Å². The molecule has 17 heavy (non-hydrogen) atoms. The van der Waals surface area contributed by atoms with Crippen molar-refractivity contribution in [1.29, 1.82) is 5.26 Å². The Balaban J connectivity index is 2.74. The highest BCUT2D eigenvalue weighted by Gasteiger charge is 2.33. The van der Waals surface area contributed by atoms with Crippen molar-refractivity contribution in [2.75, 3.05) is 20.1 Å². The van der Waals surface area contributed by atoms with Gasteiger partial charge in [-0.1, -0.05) is 13.8 Å². The monoisotopic (exact) mass is 237 g/mol. The van der Waals surface area contributed by atoms with Gasteiger partial charge in [0, 0.05) is 25.2 Å². The molecule has 96 valence electrons. The predicted molar refractivity (Wildman–Crippen MR) is 67.2 cm³/mol. The smallest absolute Gasteiger partial charge is 0.240 e. The minimum Gasteiger partial charge on any atom is -0.338 e. The molecule has 0 radical (unpaired) electrons. The van der Waals surface area contributed by atoms with Gasteiger partial charge in [-0.15, -0.1) is 0 Å². The molecule has 0 aromatic carbocycles. The molecule has 0 spiro atoms. The predicted octanol–water partition coefficient (Wildman–Crippen LogP) is 1.33. The van der Waals surface area contributed by atoms with E-state index in [0.29, 0.717) is 12.1 Å². The van der Waals surface area contributed by atoms with Gasteiger partial charge in [0.2, 0.25) is 5.91 Å². The fourth-order valence-electron chi connectivity index (χ4n) is 2.27. The van der Waals surface area contributed by atoms with Crippen LogP contribution < -0.4 is 0 Å². The second-order valence-corrected chi connectivity index (χ2v) is 5.46. The molecule has 0 aliphatic carbocycles. The van der Waals surface area contributed by atoms with Crippen molar-refractivity contribution in [3.8, 4) is 6.07 Å². The Hall–Kier alpha value is -1.08. The number of hydrogen-bond donors (Lipinski definition) is 0. The number of carbonyl (C=O) groups is 1. The van der Waals surface area contributed by atoms with Gasteiger partial charge < -0.3 is 4.90 Å². The Labute approximate surface area is 104 Å². The number of carbonyl (C=O) groups excluding carboxylic acids is 1. The molecule has 1 rings (SSSR count). The number of hydrogen-bond acceptors (Lipinski definition) is 3. The third-order valence-electron chi connectivity index (χ3n) is 3.74. The van der Waals surface area contributed by atoms with E-state index in [-0.39, 0.29) is 11.8 Å². The zero-order valence-electron chi connectivity index (χ0n) is 11.5. The molecule has 1 saturated heterocycles. The largest absolute Gasteiger partial charge is 0.338 e. The van der Waals surface area contributed by atoms with Crippen molar-refractivity contribution in [2.45, 2.75) is 39.8 Å². The minimum absolute atomic E-state index is 0.00528. The van der Waals surface area contributed by atoms with Gasteiger partial charge in [0.05, 0.1) is 6.07 Å². The van der Waals surface area contributed by atoms with Crippen molar-refractivity contribution >= 4 is 5.91 Å². The average molecular weight is 237 g/mol. The summed E-state index contributed by atoms with van der Waals surface area (Å²) in [6, 6.07) is 2.85. The fourth-order valence-corrected chi connectivity index (χ4v) is 2.27. The van der Waals surface area contributed by atoms with Gasteiger partial charge >= 0.3 is 0 Å². The molecule has 0 aromatic rings. The molecule has 1 aliphatic heterocycles. The lowest BCUT2D eigenvalue weighted by atomic mass is 9.95. The van der Waals surface area contributed by atoms with Gasteiger partial charge in [-0.05, 0) is 26.8 Å². The van der Waals surface area contributed by atoms with E-state index in [1.807, 2.05) is 18.7 Å². The van der Waals surface area contributed by atoms with Crippen LogP contribution in [0.25, 0.3) is 0 Å². The van der Waals surface area contributed by atoms with Gasteiger partial charge in [0.25, 0.3) is 0 Å². The molecule has 1 amide bonds. The molecule has 0 N–H and O–H groups in total. The third kappa shape index (κ3) is 2.98. The van der Waals surface area contributed by atoms with Gasteiger partial charge in [0.1, 0.15) is 5.92 Å². The molecule has 4 heteroatoms. The molecule has 3 unspecified atom stereocenters. The third-order valence-corrected chi connectivity index (χ3v) is 3.74. The lowest BCUT2D eigenvalue weighted by molar-refractivity contribution is -0.138. The number of piperazine rings is 1. The molecule has 1 aliphatic rings. The standard InChI is InChI=1S/C13H23N3O/c1-9(2)12(6-14)13(17)16-7-10(3)15(5)11(4)8-16/h9-12H,7-8H2,1-5H3. The van der Waals surface area contributed by atoms with Gasteiger partial charge in [-0.3, -0.25) is 9.69 Å². The number of amides is 1. The maximum absolute atomic E-state index is 12.3. The molecule has 1 fully saturated rings. The quantitative estimate of drug-likeness (QED) is 0.728. The Morgan fingerprint density at radius 3 is 2.12 bits per heavy atom. The minimum atomic E-state index is -0.502. The summed E-state index contributed by atoms with van der Waals surface area (Å²) in [5, 5.41) is 9.07. The molecule has 3 atom stereocenters. The molecule has 0 saturated carbocycles. The van der Waals surface area contributed by atoms with Crippen LogP contribution in [0.4, 0.5) is 0 Å². The van der Waals surface area contributed by atoms with E-state index >= 15 is 0 Å². The van der Waals surface area contributed by atoms with E-state index in [0.717, 1.165) is 13.1 Å². The average Bonchev–Trinajstić information content (AvgIpc) is 2.25. The van der Waals surface area contributed by atoms with Crippen molar-refractivity contribution in [1.82, 2.24) is 9.80 Å². The maximum atomic E-state index is 12.3. The first-order valence-corrected chi connectivity index (χ1v) is 6.28. The number of nitriles is 1. The fraction of sp³-hybridized carbons (Fsp3) is 0.846. The lowest BCUT2D eigenvalue weighted by Gasteiger charge is -2.43. The molecule has 0 aromatic heterocycles. The second-order valence-electron chi connectivity index (χ2n) is 5.46. The molecule has 4 nitrogen and oxygen atoms in total. The Kier molecular flexibility index (Phi) is 4.53. The summed E-state index contributed by atoms with van der Waals surface area (Å²) in [6.45, 7) is 9.54. The van der Waals surface area contributed by atoms with E-state index in [1.165, 1.54) is 0 Å². The summed E-state index contributed by atoms with van der Waals surface area (Å²) in [7, 11) is 2.08. The normalized spacial score (nSPS) is 27.9. The van der Waals surface area contributed by atoms with E-state index in [9.17, 15) is 4.79 Å². The zero-order chi connectivity index (χ0) is 13.2.